The maximum Gasteiger partial charge on any atom is 0.282 e. The third-order valence-corrected chi connectivity index (χ3v) is 7.92. The SMILES string of the molecule is O=C(NCc1ccc(F)cc1)c1nnc(CSc2ncnc3sc(-c4ccccc4)cc23)s1. The van der Waals surface area contributed by atoms with Gasteiger partial charge in [-0.25, -0.2) is 14.4 Å². The maximum absolute atomic E-state index is 13.0. The van der Waals surface area contributed by atoms with E-state index in [1.165, 1.54) is 23.5 Å². The molecule has 1 N–H and O–H groups in total. The molecular weight excluding hydrogens is 477 g/mol. The molecule has 0 unspecified atom stereocenters. The fourth-order valence-electron chi connectivity index (χ4n) is 3.09. The molecule has 0 spiro atoms. The minimum absolute atomic E-state index is 0.294. The lowest BCUT2D eigenvalue weighted by molar-refractivity contribution is 0.0950. The molecule has 3 heterocycles. The van der Waals surface area contributed by atoms with E-state index < -0.39 is 0 Å². The normalized spacial score (nSPS) is 11.1. The smallest absolute Gasteiger partial charge is 0.282 e. The summed E-state index contributed by atoms with van der Waals surface area (Å²) in [5, 5.41) is 13.9. The number of fused-ring (bicyclic) bond motifs is 1. The molecule has 0 aliphatic rings. The molecule has 0 aliphatic carbocycles. The number of hydrogen-bond acceptors (Lipinski definition) is 8. The van der Waals surface area contributed by atoms with Crippen LogP contribution in [0.15, 0.2) is 72.0 Å². The second-order valence-electron chi connectivity index (χ2n) is 6.97. The molecule has 5 aromatic rings. The second-order valence-corrected chi connectivity index (χ2v) is 10.0. The van der Waals surface area contributed by atoms with Gasteiger partial charge in [0.1, 0.15) is 27.0 Å². The Labute approximate surface area is 201 Å². The highest BCUT2D eigenvalue weighted by molar-refractivity contribution is 7.98. The molecular formula is C23H16FN5OS3. The second kappa shape index (κ2) is 9.74. The van der Waals surface area contributed by atoms with Crippen LogP contribution in [0.3, 0.4) is 0 Å². The fourth-order valence-corrected chi connectivity index (χ4v) is 5.87. The number of amides is 1. The van der Waals surface area contributed by atoms with Gasteiger partial charge in [-0.2, -0.15) is 0 Å². The number of halogens is 1. The average molecular weight is 494 g/mol. The molecule has 6 nitrogen and oxygen atoms in total. The lowest BCUT2D eigenvalue weighted by atomic mass is 10.2. The van der Waals surface area contributed by atoms with E-state index in [0.717, 1.165) is 36.3 Å². The monoisotopic (exact) mass is 493 g/mol. The van der Waals surface area contributed by atoms with Crippen LogP contribution in [0.4, 0.5) is 4.39 Å². The molecule has 0 saturated heterocycles. The Kier molecular flexibility index (Phi) is 6.38. The largest absolute Gasteiger partial charge is 0.346 e. The lowest BCUT2D eigenvalue weighted by Gasteiger charge is -2.02. The third kappa shape index (κ3) is 5.08. The predicted octanol–water partition coefficient (Wildman–Crippen LogP) is 5.57. The van der Waals surface area contributed by atoms with Gasteiger partial charge in [-0.05, 0) is 29.3 Å². The number of benzene rings is 2. The van der Waals surface area contributed by atoms with Gasteiger partial charge < -0.3 is 5.32 Å². The molecule has 1 amide bonds. The van der Waals surface area contributed by atoms with Gasteiger partial charge in [-0.3, -0.25) is 4.79 Å². The molecule has 33 heavy (non-hydrogen) atoms. The first-order chi connectivity index (χ1) is 16.2. The van der Waals surface area contributed by atoms with E-state index in [4.69, 9.17) is 0 Å². The van der Waals surface area contributed by atoms with Crippen molar-refractivity contribution in [1.29, 1.82) is 0 Å². The van der Waals surface area contributed by atoms with Crippen LogP contribution in [0.5, 0.6) is 0 Å². The molecule has 0 saturated carbocycles. The van der Waals surface area contributed by atoms with Gasteiger partial charge in [0.2, 0.25) is 5.01 Å². The Bertz CT molecular complexity index is 1400. The van der Waals surface area contributed by atoms with Gasteiger partial charge in [-0.15, -0.1) is 21.5 Å². The fraction of sp³-hybridized carbons (Fsp3) is 0.0870. The van der Waals surface area contributed by atoms with E-state index in [2.05, 4.69) is 43.7 Å². The molecule has 0 atom stereocenters. The first-order valence-electron chi connectivity index (χ1n) is 9.93. The Morgan fingerprint density at radius 2 is 1.82 bits per heavy atom. The highest BCUT2D eigenvalue weighted by Crippen LogP contribution is 2.37. The zero-order chi connectivity index (χ0) is 22.6. The summed E-state index contributed by atoms with van der Waals surface area (Å²) in [7, 11) is 0. The maximum atomic E-state index is 13.0. The van der Waals surface area contributed by atoms with Crippen molar-refractivity contribution in [2.75, 3.05) is 0 Å². The molecule has 5 rings (SSSR count). The summed E-state index contributed by atoms with van der Waals surface area (Å²) < 4.78 is 13.0. The first kappa shape index (κ1) is 21.6. The molecule has 0 aliphatic heterocycles. The van der Waals surface area contributed by atoms with Gasteiger partial charge >= 0.3 is 0 Å². The number of aromatic nitrogens is 4. The predicted molar refractivity (Wildman–Crippen MR) is 130 cm³/mol. The molecule has 10 heteroatoms. The van der Waals surface area contributed by atoms with Gasteiger partial charge in [0, 0.05) is 16.8 Å². The first-order valence-corrected chi connectivity index (χ1v) is 12.6. The van der Waals surface area contributed by atoms with Gasteiger partial charge in [-0.1, -0.05) is 65.6 Å². The van der Waals surface area contributed by atoms with E-state index in [1.54, 1.807) is 41.6 Å². The van der Waals surface area contributed by atoms with E-state index in [9.17, 15) is 9.18 Å². The molecule has 0 fully saturated rings. The van der Waals surface area contributed by atoms with E-state index in [1.807, 2.05) is 18.2 Å². The number of thioether (sulfide) groups is 1. The van der Waals surface area contributed by atoms with Crippen LogP contribution in [0.2, 0.25) is 0 Å². The molecule has 0 radical (unpaired) electrons. The molecule has 2 aromatic carbocycles. The molecule has 3 aromatic heterocycles. The van der Waals surface area contributed by atoms with Crippen LogP contribution in [0.25, 0.3) is 20.7 Å². The van der Waals surface area contributed by atoms with Crippen molar-refractivity contribution in [3.8, 4) is 10.4 Å². The Hall–Kier alpha value is -3.21. The Morgan fingerprint density at radius 3 is 2.64 bits per heavy atom. The summed E-state index contributed by atoms with van der Waals surface area (Å²) in [6.45, 7) is 0.295. The summed E-state index contributed by atoms with van der Waals surface area (Å²) in [6, 6.07) is 18.3. The van der Waals surface area contributed by atoms with Crippen LogP contribution < -0.4 is 5.32 Å². The van der Waals surface area contributed by atoms with Gasteiger partial charge in [0.25, 0.3) is 5.91 Å². The van der Waals surface area contributed by atoms with Crippen LogP contribution in [-0.2, 0) is 12.3 Å². The van der Waals surface area contributed by atoms with Gasteiger partial charge in [0.15, 0.2) is 0 Å². The quantitative estimate of drug-likeness (QED) is 0.236. The van der Waals surface area contributed by atoms with Crippen LogP contribution in [0, 0.1) is 5.82 Å². The Morgan fingerprint density at radius 1 is 1.00 bits per heavy atom. The summed E-state index contributed by atoms with van der Waals surface area (Å²) in [4.78, 5) is 23.3. The third-order valence-electron chi connectivity index (χ3n) is 4.71. The topological polar surface area (TPSA) is 80.7 Å². The summed E-state index contributed by atoms with van der Waals surface area (Å²) >= 11 is 4.43. The highest BCUT2D eigenvalue weighted by atomic mass is 32.2. The number of nitrogens with zero attached hydrogens (tertiary/aromatic N) is 4. The number of nitrogens with one attached hydrogen (secondary N) is 1. The zero-order valence-corrected chi connectivity index (χ0v) is 19.5. The van der Waals surface area contributed by atoms with Crippen molar-refractivity contribution < 1.29 is 9.18 Å². The number of thiophene rings is 1. The number of hydrogen-bond donors (Lipinski definition) is 1. The van der Waals surface area contributed by atoms with Crippen molar-refractivity contribution >= 4 is 50.6 Å². The minimum Gasteiger partial charge on any atom is -0.346 e. The van der Waals surface area contributed by atoms with Crippen LogP contribution in [-0.4, -0.2) is 26.1 Å². The van der Waals surface area contributed by atoms with Crippen molar-refractivity contribution in [3.63, 3.8) is 0 Å². The highest BCUT2D eigenvalue weighted by Gasteiger charge is 2.15. The molecule has 0 bridgehead atoms. The van der Waals surface area contributed by atoms with Crippen LogP contribution in [0.1, 0.15) is 20.4 Å². The average Bonchev–Trinajstić information content (AvgIpc) is 3.50. The van der Waals surface area contributed by atoms with Crippen molar-refractivity contribution in [3.05, 3.63) is 88.4 Å². The number of carbonyl (C=O) groups excluding carboxylic acids is 1. The van der Waals surface area contributed by atoms with E-state index in [0.29, 0.717) is 17.3 Å². The van der Waals surface area contributed by atoms with Gasteiger partial charge in [0.05, 0.1) is 5.75 Å². The van der Waals surface area contributed by atoms with Crippen molar-refractivity contribution in [2.45, 2.75) is 17.3 Å². The Balaban J connectivity index is 1.24. The van der Waals surface area contributed by atoms with Crippen LogP contribution >= 0.6 is 34.4 Å². The molecule has 164 valence electrons. The van der Waals surface area contributed by atoms with E-state index >= 15 is 0 Å². The van der Waals surface area contributed by atoms with Crippen molar-refractivity contribution in [1.82, 2.24) is 25.5 Å². The summed E-state index contributed by atoms with van der Waals surface area (Å²) in [5.41, 5.74) is 1.96. The summed E-state index contributed by atoms with van der Waals surface area (Å²) in [6.07, 6.45) is 1.57. The van der Waals surface area contributed by atoms with Crippen molar-refractivity contribution in [2.24, 2.45) is 0 Å². The number of rotatable bonds is 7. The standard InChI is InChI=1S/C23H16FN5OS3/c24-16-8-6-14(7-9-16)11-25-20(30)23-29-28-19(33-23)12-31-21-17-10-18(15-4-2-1-3-5-15)32-22(17)27-13-26-21/h1-10,13H,11-12H2,(H,25,30). The lowest BCUT2D eigenvalue weighted by Crippen LogP contribution is -2.22. The summed E-state index contributed by atoms with van der Waals surface area (Å²) in [5.74, 6) is -0.0650. The number of carbonyl (C=O) groups is 1. The minimum atomic E-state index is -0.309. The van der Waals surface area contributed by atoms with E-state index in [-0.39, 0.29) is 11.7 Å². The zero-order valence-electron chi connectivity index (χ0n) is 17.1.